The molecule has 1 aromatic rings. The van der Waals surface area contributed by atoms with Gasteiger partial charge < -0.3 is 0 Å². The molecule has 1 heteroatoms. The third kappa shape index (κ3) is 1.51. The van der Waals surface area contributed by atoms with Gasteiger partial charge in [-0.3, -0.25) is 0 Å². The summed E-state index contributed by atoms with van der Waals surface area (Å²) < 4.78 is 0. The van der Waals surface area contributed by atoms with Gasteiger partial charge in [0.2, 0.25) is 0 Å². The maximum atomic E-state index is 3.80. The lowest BCUT2D eigenvalue weighted by molar-refractivity contribution is 1.42. The largest absolute Gasteiger partial charge is 0.140 e. The molecule has 1 heterocycles. The van der Waals surface area contributed by atoms with Gasteiger partial charge >= 0.3 is 0 Å². The summed E-state index contributed by atoms with van der Waals surface area (Å²) in [5.41, 5.74) is 2.71. The van der Waals surface area contributed by atoms with E-state index in [-0.39, 0.29) is 0 Å². The second-order valence-corrected chi connectivity index (χ2v) is 4.02. The van der Waals surface area contributed by atoms with Gasteiger partial charge in [0, 0.05) is 9.75 Å². The first kappa shape index (κ1) is 9.27. The monoisotopic (exact) mass is 178 g/mol. The van der Waals surface area contributed by atoms with Gasteiger partial charge in [0.1, 0.15) is 0 Å². The molecule has 0 saturated carbocycles. The molecule has 1 rings (SSSR count). The molecule has 0 saturated heterocycles. The van der Waals surface area contributed by atoms with Crippen LogP contribution in [0.3, 0.4) is 0 Å². The lowest BCUT2D eigenvalue weighted by atomic mass is 10.1. The molecule has 0 nitrogen and oxygen atoms in total. The van der Waals surface area contributed by atoms with E-state index in [0.717, 1.165) is 0 Å². The average molecular weight is 178 g/mol. The van der Waals surface area contributed by atoms with Gasteiger partial charge in [-0.05, 0) is 31.9 Å². The molecule has 64 valence electrons. The Balaban J connectivity index is 3.30. The van der Waals surface area contributed by atoms with Crippen LogP contribution in [0.4, 0.5) is 0 Å². The summed E-state index contributed by atoms with van der Waals surface area (Å²) in [5.74, 6) is 0. The predicted molar refractivity (Wildman–Crippen MR) is 58.6 cm³/mol. The minimum Gasteiger partial charge on any atom is -0.140 e. The molecule has 0 N–H and O–H groups in total. The Morgan fingerprint density at radius 2 is 2.00 bits per heavy atom. The highest BCUT2D eigenvalue weighted by molar-refractivity contribution is 7.13. The molecule has 0 atom stereocenters. The lowest BCUT2D eigenvalue weighted by Gasteiger charge is -1.93. The van der Waals surface area contributed by atoms with E-state index >= 15 is 0 Å². The zero-order valence-corrected chi connectivity index (χ0v) is 8.66. The van der Waals surface area contributed by atoms with E-state index in [0.29, 0.717) is 0 Å². The smallest absolute Gasteiger partial charge is 0.0342 e. The third-order valence-corrected chi connectivity index (χ3v) is 3.20. The summed E-state index contributed by atoms with van der Waals surface area (Å²) in [5, 5.41) is 0. The summed E-state index contributed by atoms with van der Waals surface area (Å²) in [6, 6.07) is 0. The van der Waals surface area contributed by atoms with Crippen molar-refractivity contribution < 1.29 is 0 Å². The zero-order chi connectivity index (χ0) is 9.14. The third-order valence-electron chi connectivity index (χ3n) is 1.98. The van der Waals surface area contributed by atoms with Crippen LogP contribution < -0.4 is 0 Å². The first-order valence-corrected chi connectivity index (χ1v) is 4.87. The van der Waals surface area contributed by atoms with Gasteiger partial charge in [-0.25, -0.2) is 0 Å². The maximum absolute atomic E-state index is 3.80. The van der Waals surface area contributed by atoms with Crippen LogP contribution in [0.25, 0.3) is 12.2 Å². The van der Waals surface area contributed by atoms with Crippen molar-refractivity contribution in [1.82, 2.24) is 0 Å². The summed E-state index contributed by atoms with van der Waals surface area (Å²) in [6.45, 7) is 10.2. The van der Waals surface area contributed by atoms with E-state index < -0.39 is 0 Å². The van der Waals surface area contributed by atoms with Gasteiger partial charge in [-0.15, -0.1) is 11.3 Å². The van der Waals surface area contributed by atoms with Crippen molar-refractivity contribution in [3.05, 3.63) is 33.5 Å². The fourth-order valence-electron chi connectivity index (χ4n) is 1.20. The standard InChI is InChI=1S/C11H14S/c1-5-7-10-8(3)9(4)12-11(10)6-2/h5-7H,2H2,1,3-4H3/b7-5-. The molecular weight excluding hydrogens is 164 g/mol. The van der Waals surface area contributed by atoms with E-state index in [9.17, 15) is 0 Å². The average Bonchev–Trinajstić information content (AvgIpc) is 2.33. The molecule has 0 fully saturated rings. The van der Waals surface area contributed by atoms with Crippen molar-refractivity contribution in [3.8, 4) is 0 Å². The van der Waals surface area contributed by atoms with Crippen LogP contribution in [0.1, 0.15) is 27.8 Å². The van der Waals surface area contributed by atoms with Crippen LogP contribution in [-0.4, -0.2) is 0 Å². The lowest BCUT2D eigenvalue weighted by Crippen LogP contribution is -1.75. The number of hydrogen-bond donors (Lipinski definition) is 0. The molecule has 0 aliphatic carbocycles. The van der Waals surface area contributed by atoms with Crippen LogP contribution in [0, 0.1) is 13.8 Å². The van der Waals surface area contributed by atoms with Gasteiger partial charge in [-0.2, -0.15) is 0 Å². The van der Waals surface area contributed by atoms with Crippen LogP contribution >= 0.6 is 11.3 Å². The number of aryl methyl sites for hydroxylation is 1. The minimum atomic E-state index is 1.28. The molecule has 0 unspecified atom stereocenters. The van der Waals surface area contributed by atoms with Crippen molar-refractivity contribution in [2.75, 3.05) is 0 Å². The van der Waals surface area contributed by atoms with E-state index in [2.05, 4.69) is 32.6 Å². The SMILES string of the molecule is C=Cc1sc(C)c(C)c1/C=C\C. The highest BCUT2D eigenvalue weighted by Crippen LogP contribution is 2.29. The van der Waals surface area contributed by atoms with Crippen LogP contribution in [0.15, 0.2) is 12.7 Å². The Morgan fingerprint density at radius 1 is 1.33 bits per heavy atom. The zero-order valence-electron chi connectivity index (χ0n) is 7.85. The summed E-state index contributed by atoms with van der Waals surface area (Å²) in [6.07, 6.45) is 6.15. The normalized spacial score (nSPS) is 10.9. The van der Waals surface area contributed by atoms with E-state index in [1.165, 1.54) is 20.9 Å². The Kier molecular flexibility index (Phi) is 2.88. The quantitative estimate of drug-likeness (QED) is 0.641. The second kappa shape index (κ2) is 3.72. The summed E-state index contributed by atoms with van der Waals surface area (Å²) in [7, 11) is 0. The molecule has 0 aliphatic heterocycles. The van der Waals surface area contributed by atoms with Gasteiger partial charge in [0.05, 0.1) is 0 Å². The molecule has 0 amide bonds. The maximum Gasteiger partial charge on any atom is 0.0342 e. The van der Waals surface area contributed by atoms with Crippen molar-refractivity contribution in [3.63, 3.8) is 0 Å². The van der Waals surface area contributed by atoms with Crippen molar-refractivity contribution in [2.45, 2.75) is 20.8 Å². The minimum absolute atomic E-state index is 1.28. The summed E-state index contributed by atoms with van der Waals surface area (Å²) in [4.78, 5) is 2.67. The Morgan fingerprint density at radius 3 is 2.50 bits per heavy atom. The summed E-state index contributed by atoms with van der Waals surface area (Å²) >= 11 is 1.81. The Bertz CT molecular complexity index is 316. The van der Waals surface area contributed by atoms with Gasteiger partial charge in [-0.1, -0.05) is 24.8 Å². The van der Waals surface area contributed by atoms with Gasteiger partial charge in [0.25, 0.3) is 0 Å². The highest BCUT2D eigenvalue weighted by Gasteiger charge is 2.06. The van der Waals surface area contributed by atoms with E-state index in [1.54, 1.807) is 0 Å². The first-order valence-electron chi connectivity index (χ1n) is 4.05. The van der Waals surface area contributed by atoms with Crippen LogP contribution in [0.5, 0.6) is 0 Å². The Hall–Kier alpha value is -0.820. The number of hydrogen-bond acceptors (Lipinski definition) is 1. The van der Waals surface area contributed by atoms with Gasteiger partial charge in [0.15, 0.2) is 0 Å². The molecule has 0 aliphatic rings. The Labute approximate surface area is 78.2 Å². The molecule has 12 heavy (non-hydrogen) atoms. The first-order chi connectivity index (χ1) is 5.70. The number of rotatable bonds is 2. The molecule has 0 aromatic carbocycles. The van der Waals surface area contributed by atoms with E-state index in [1.807, 2.05) is 24.3 Å². The van der Waals surface area contributed by atoms with Crippen LogP contribution in [0.2, 0.25) is 0 Å². The fraction of sp³-hybridized carbons (Fsp3) is 0.273. The highest BCUT2D eigenvalue weighted by atomic mass is 32.1. The molecular formula is C11H14S. The van der Waals surface area contributed by atoms with Crippen molar-refractivity contribution >= 4 is 23.5 Å². The fourth-order valence-corrected chi connectivity index (χ4v) is 2.20. The number of allylic oxidation sites excluding steroid dienone is 1. The van der Waals surface area contributed by atoms with E-state index in [4.69, 9.17) is 0 Å². The molecule has 0 radical (unpaired) electrons. The molecule has 0 spiro atoms. The molecule has 1 aromatic heterocycles. The van der Waals surface area contributed by atoms with Crippen molar-refractivity contribution in [1.29, 1.82) is 0 Å². The second-order valence-electron chi connectivity index (χ2n) is 2.77. The number of thiophene rings is 1. The topological polar surface area (TPSA) is 0 Å². The molecule has 0 bridgehead atoms. The van der Waals surface area contributed by atoms with Crippen molar-refractivity contribution in [2.24, 2.45) is 0 Å². The van der Waals surface area contributed by atoms with Crippen LogP contribution in [-0.2, 0) is 0 Å². The predicted octanol–water partition coefficient (Wildman–Crippen LogP) is 4.04.